The molecule has 94 valence electrons. The fraction of sp³-hybridized carbons (Fsp3) is 0.250. The first kappa shape index (κ1) is 13.3. The Morgan fingerprint density at radius 3 is 2.44 bits per heavy atom. The van der Waals surface area contributed by atoms with Gasteiger partial charge in [-0.2, -0.15) is 0 Å². The van der Waals surface area contributed by atoms with Crippen LogP contribution in [0.3, 0.4) is 0 Å². The third-order valence-electron chi connectivity index (χ3n) is 2.95. The van der Waals surface area contributed by atoms with E-state index < -0.39 is 0 Å². The van der Waals surface area contributed by atoms with E-state index in [0.717, 1.165) is 29.3 Å². The minimum atomic E-state index is -0.110. The summed E-state index contributed by atoms with van der Waals surface area (Å²) < 4.78 is 13.8. The van der Waals surface area contributed by atoms with Crippen molar-refractivity contribution >= 4 is 15.9 Å². The molecule has 2 aromatic carbocycles. The zero-order chi connectivity index (χ0) is 12.8. The van der Waals surface area contributed by atoms with E-state index in [1.54, 1.807) is 6.07 Å². The van der Waals surface area contributed by atoms with Crippen LogP contribution in [-0.2, 0) is 12.8 Å². The van der Waals surface area contributed by atoms with Crippen molar-refractivity contribution in [2.45, 2.75) is 19.3 Å². The Labute approximate surface area is 116 Å². The van der Waals surface area contributed by atoms with E-state index >= 15 is 0 Å². The monoisotopic (exact) mass is 306 g/mol. The van der Waals surface area contributed by atoms with Gasteiger partial charge >= 0.3 is 0 Å². The van der Waals surface area contributed by atoms with Crippen molar-refractivity contribution in [3.05, 3.63) is 71.0 Å². The van der Waals surface area contributed by atoms with Crippen molar-refractivity contribution in [1.29, 1.82) is 0 Å². The minimum Gasteiger partial charge on any atom is -0.207 e. The van der Waals surface area contributed by atoms with Gasteiger partial charge in [0.05, 0.1) is 0 Å². The minimum absolute atomic E-state index is 0.110. The second kappa shape index (κ2) is 6.69. The number of benzene rings is 2. The van der Waals surface area contributed by atoms with Gasteiger partial charge in [-0.25, -0.2) is 4.39 Å². The van der Waals surface area contributed by atoms with Crippen molar-refractivity contribution in [1.82, 2.24) is 0 Å². The van der Waals surface area contributed by atoms with Gasteiger partial charge in [0, 0.05) is 11.8 Å². The van der Waals surface area contributed by atoms with Gasteiger partial charge in [-0.3, -0.25) is 0 Å². The molecule has 0 saturated heterocycles. The number of alkyl halides is 1. The van der Waals surface area contributed by atoms with Crippen LogP contribution in [0.15, 0.2) is 48.5 Å². The lowest BCUT2D eigenvalue weighted by Crippen LogP contribution is -1.95. The van der Waals surface area contributed by atoms with Crippen LogP contribution in [0.2, 0.25) is 0 Å². The molecular formula is C16H16BrF. The molecule has 0 fully saturated rings. The van der Waals surface area contributed by atoms with Crippen LogP contribution in [0, 0.1) is 5.82 Å². The van der Waals surface area contributed by atoms with Crippen LogP contribution < -0.4 is 0 Å². The van der Waals surface area contributed by atoms with Gasteiger partial charge in [-0.15, -0.1) is 0 Å². The van der Waals surface area contributed by atoms with E-state index in [1.807, 2.05) is 42.5 Å². The SMILES string of the molecule is Fc1ccc(CCCBr)cc1Cc1ccccc1. The molecule has 2 aromatic rings. The molecule has 0 aliphatic heterocycles. The summed E-state index contributed by atoms with van der Waals surface area (Å²) >= 11 is 3.42. The van der Waals surface area contributed by atoms with E-state index in [2.05, 4.69) is 15.9 Å². The lowest BCUT2D eigenvalue weighted by molar-refractivity contribution is 0.612. The predicted octanol–water partition coefficient (Wildman–Crippen LogP) is 4.74. The van der Waals surface area contributed by atoms with Crippen LogP contribution >= 0.6 is 15.9 Å². The summed E-state index contributed by atoms with van der Waals surface area (Å²) in [4.78, 5) is 0. The Kier molecular flexibility index (Phi) is 4.94. The summed E-state index contributed by atoms with van der Waals surface area (Å²) in [7, 11) is 0. The molecule has 0 aromatic heterocycles. The van der Waals surface area contributed by atoms with Crippen LogP contribution in [0.4, 0.5) is 4.39 Å². The van der Waals surface area contributed by atoms with Gasteiger partial charge < -0.3 is 0 Å². The summed E-state index contributed by atoms with van der Waals surface area (Å²) in [6.07, 6.45) is 2.73. The fourth-order valence-corrected chi connectivity index (χ4v) is 2.29. The Hall–Kier alpha value is -1.15. The smallest absolute Gasteiger partial charge is 0.126 e. The molecule has 18 heavy (non-hydrogen) atoms. The lowest BCUT2D eigenvalue weighted by atomic mass is 10.0. The summed E-state index contributed by atoms with van der Waals surface area (Å²) in [5.41, 5.74) is 3.14. The van der Waals surface area contributed by atoms with Gasteiger partial charge in [0.25, 0.3) is 0 Å². The van der Waals surface area contributed by atoms with Crippen molar-refractivity contribution in [3.63, 3.8) is 0 Å². The maximum atomic E-state index is 13.8. The highest BCUT2D eigenvalue weighted by atomic mass is 79.9. The van der Waals surface area contributed by atoms with Crippen molar-refractivity contribution < 1.29 is 4.39 Å². The second-order valence-corrected chi connectivity index (χ2v) is 5.17. The van der Waals surface area contributed by atoms with E-state index in [0.29, 0.717) is 6.42 Å². The maximum absolute atomic E-state index is 13.8. The lowest BCUT2D eigenvalue weighted by Gasteiger charge is -2.07. The van der Waals surface area contributed by atoms with E-state index in [4.69, 9.17) is 0 Å². The van der Waals surface area contributed by atoms with Crippen LogP contribution in [0.1, 0.15) is 23.1 Å². The fourth-order valence-electron chi connectivity index (χ4n) is 2.01. The third kappa shape index (κ3) is 3.67. The largest absolute Gasteiger partial charge is 0.207 e. The van der Waals surface area contributed by atoms with Crippen molar-refractivity contribution in [3.8, 4) is 0 Å². The summed E-state index contributed by atoms with van der Waals surface area (Å²) in [6, 6.07) is 15.5. The first-order valence-corrected chi connectivity index (χ1v) is 7.29. The number of hydrogen-bond acceptors (Lipinski definition) is 0. The molecule has 0 atom stereocenters. The molecule has 0 amide bonds. The molecule has 2 rings (SSSR count). The Balaban J connectivity index is 2.16. The molecule has 0 aliphatic rings. The Morgan fingerprint density at radius 2 is 1.72 bits per heavy atom. The summed E-state index contributed by atoms with van der Waals surface area (Å²) in [5.74, 6) is -0.110. The average molecular weight is 307 g/mol. The first-order valence-electron chi connectivity index (χ1n) is 6.17. The first-order chi connectivity index (χ1) is 8.79. The number of aryl methyl sites for hydroxylation is 1. The van der Waals surface area contributed by atoms with Crippen molar-refractivity contribution in [2.24, 2.45) is 0 Å². The van der Waals surface area contributed by atoms with Gasteiger partial charge in [-0.05, 0) is 35.6 Å². The van der Waals surface area contributed by atoms with Gasteiger partial charge in [0.2, 0.25) is 0 Å². The Morgan fingerprint density at radius 1 is 0.944 bits per heavy atom. The van der Waals surface area contributed by atoms with E-state index in [1.165, 1.54) is 5.56 Å². The highest BCUT2D eigenvalue weighted by molar-refractivity contribution is 9.09. The quantitative estimate of drug-likeness (QED) is 0.700. The number of rotatable bonds is 5. The van der Waals surface area contributed by atoms with Crippen LogP contribution in [0.5, 0.6) is 0 Å². The molecule has 0 unspecified atom stereocenters. The highest BCUT2D eigenvalue weighted by Gasteiger charge is 2.04. The van der Waals surface area contributed by atoms with Crippen molar-refractivity contribution in [2.75, 3.05) is 5.33 Å². The molecule has 2 heteroatoms. The Bertz CT molecular complexity index is 494. The van der Waals surface area contributed by atoms with Gasteiger partial charge in [0.15, 0.2) is 0 Å². The molecule has 0 saturated carbocycles. The second-order valence-electron chi connectivity index (χ2n) is 4.38. The number of hydrogen-bond donors (Lipinski definition) is 0. The normalized spacial score (nSPS) is 10.6. The van der Waals surface area contributed by atoms with E-state index in [-0.39, 0.29) is 5.82 Å². The topological polar surface area (TPSA) is 0 Å². The molecule has 0 radical (unpaired) electrons. The molecule has 0 heterocycles. The molecule has 0 bridgehead atoms. The van der Waals surface area contributed by atoms with Gasteiger partial charge in [0.1, 0.15) is 5.82 Å². The number of halogens is 2. The molecule has 0 nitrogen and oxygen atoms in total. The zero-order valence-electron chi connectivity index (χ0n) is 10.2. The molecule has 0 spiro atoms. The summed E-state index contributed by atoms with van der Waals surface area (Å²) in [5, 5.41) is 0.985. The highest BCUT2D eigenvalue weighted by Crippen LogP contribution is 2.16. The van der Waals surface area contributed by atoms with Crippen LogP contribution in [-0.4, -0.2) is 5.33 Å². The van der Waals surface area contributed by atoms with Gasteiger partial charge in [-0.1, -0.05) is 58.4 Å². The third-order valence-corrected chi connectivity index (χ3v) is 3.51. The average Bonchev–Trinajstić information content (AvgIpc) is 2.41. The standard InChI is InChI=1S/C16H16BrF/c17-10-4-7-14-8-9-16(18)15(12-14)11-13-5-2-1-3-6-13/h1-3,5-6,8-9,12H,4,7,10-11H2. The molecule has 0 aliphatic carbocycles. The summed E-state index contributed by atoms with van der Waals surface area (Å²) in [6.45, 7) is 0. The maximum Gasteiger partial charge on any atom is 0.126 e. The van der Waals surface area contributed by atoms with E-state index in [9.17, 15) is 4.39 Å². The molecule has 0 N–H and O–H groups in total. The van der Waals surface area contributed by atoms with Crippen LogP contribution in [0.25, 0.3) is 0 Å². The predicted molar refractivity (Wildman–Crippen MR) is 77.8 cm³/mol. The molecular weight excluding hydrogens is 291 g/mol. The zero-order valence-corrected chi connectivity index (χ0v) is 11.8.